The summed E-state index contributed by atoms with van der Waals surface area (Å²) < 4.78 is 10.8. The van der Waals surface area contributed by atoms with E-state index in [0.29, 0.717) is 19.4 Å². The molecule has 1 saturated heterocycles. The molecule has 124 valence electrons. The first-order valence-corrected chi connectivity index (χ1v) is 8.29. The number of nitrogens with one attached hydrogen (secondary N) is 1. The molecule has 5 nitrogen and oxygen atoms in total. The molecule has 2 atom stereocenters. The van der Waals surface area contributed by atoms with Crippen LogP contribution in [-0.2, 0) is 14.3 Å². The third kappa shape index (κ3) is 5.24. The first-order chi connectivity index (χ1) is 10.1. The highest BCUT2D eigenvalue weighted by Gasteiger charge is 2.43. The summed E-state index contributed by atoms with van der Waals surface area (Å²) in [6.07, 6.45) is 3.63. The summed E-state index contributed by atoms with van der Waals surface area (Å²) in [5, 5.41) is 3.48. The number of rotatable bonds is 9. The zero-order valence-corrected chi connectivity index (χ0v) is 14.1. The lowest BCUT2D eigenvalue weighted by Gasteiger charge is -2.39. The van der Waals surface area contributed by atoms with Crippen LogP contribution in [0, 0.1) is 0 Å². The zero-order valence-electron chi connectivity index (χ0n) is 14.1. The fraction of sp³-hybridized carbons (Fsp3) is 0.938. The number of ether oxygens (including phenoxy) is 2. The van der Waals surface area contributed by atoms with Crippen LogP contribution >= 0.6 is 0 Å². The Morgan fingerprint density at radius 2 is 2.10 bits per heavy atom. The number of nitrogens with zero attached hydrogens (tertiary/aromatic N) is 1. The molecule has 1 heterocycles. The first kappa shape index (κ1) is 18.4. The molecule has 2 unspecified atom stereocenters. The van der Waals surface area contributed by atoms with E-state index in [1.165, 1.54) is 7.11 Å². The molecule has 0 aliphatic carbocycles. The van der Waals surface area contributed by atoms with E-state index in [4.69, 9.17) is 9.47 Å². The summed E-state index contributed by atoms with van der Waals surface area (Å²) in [7, 11) is 1.47. The standard InChI is InChI=1S/C16H32N2O3/c1-5-8-14-13-16(9-12-21-14,15(19)20-4)17-10-11-18(6-2)7-3/h14,17H,5-13H2,1-4H3. The third-order valence-corrected chi connectivity index (χ3v) is 4.43. The largest absolute Gasteiger partial charge is 0.468 e. The van der Waals surface area contributed by atoms with Crippen LogP contribution in [0.5, 0.6) is 0 Å². The first-order valence-electron chi connectivity index (χ1n) is 8.29. The number of hydrogen-bond donors (Lipinski definition) is 1. The van der Waals surface area contributed by atoms with E-state index in [1.54, 1.807) is 0 Å². The number of carbonyl (C=O) groups excluding carboxylic acids is 1. The molecule has 1 aliphatic heterocycles. The zero-order chi connectivity index (χ0) is 15.7. The third-order valence-electron chi connectivity index (χ3n) is 4.43. The maximum atomic E-state index is 12.3. The van der Waals surface area contributed by atoms with Gasteiger partial charge in [0.15, 0.2) is 0 Å². The van der Waals surface area contributed by atoms with Crippen molar-refractivity contribution in [2.75, 3.05) is 39.9 Å². The summed E-state index contributed by atoms with van der Waals surface area (Å²) in [6, 6.07) is 0. The quantitative estimate of drug-likeness (QED) is 0.658. The predicted octanol–water partition coefficient (Wildman–Crippen LogP) is 1.81. The maximum absolute atomic E-state index is 12.3. The molecule has 5 heteroatoms. The van der Waals surface area contributed by atoms with Crippen LogP contribution in [0.3, 0.4) is 0 Å². The molecule has 0 aromatic rings. The number of carbonyl (C=O) groups is 1. The van der Waals surface area contributed by atoms with Crippen LogP contribution in [0.1, 0.15) is 46.5 Å². The van der Waals surface area contributed by atoms with Crippen molar-refractivity contribution in [1.82, 2.24) is 10.2 Å². The van der Waals surface area contributed by atoms with Crippen LogP contribution in [0.15, 0.2) is 0 Å². The summed E-state index contributed by atoms with van der Waals surface area (Å²) >= 11 is 0. The molecule has 0 aromatic heterocycles. The fourth-order valence-electron chi connectivity index (χ4n) is 3.06. The molecule has 21 heavy (non-hydrogen) atoms. The van der Waals surface area contributed by atoms with Crippen molar-refractivity contribution >= 4 is 5.97 Å². The topological polar surface area (TPSA) is 50.8 Å². The molecule has 0 saturated carbocycles. The van der Waals surface area contributed by atoms with Crippen molar-refractivity contribution in [1.29, 1.82) is 0 Å². The van der Waals surface area contributed by atoms with Crippen LogP contribution in [0.25, 0.3) is 0 Å². The van der Waals surface area contributed by atoms with Gasteiger partial charge in [-0.2, -0.15) is 0 Å². The van der Waals surface area contributed by atoms with Crippen LogP contribution in [-0.4, -0.2) is 62.4 Å². The van der Waals surface area contributed by atoms with E-state index in [2.05, 4.69) is 31.0 Å². The van der Waals surface area contributed by atoms with Crippen molar-refractivity contribution in [3.8, 4) is 0 Å². The van der Waals surface area contributed by atoms with Gasteiger partial charge in [-0.15, -0.1) is 0 Å². The van der Waals surface area contributed by atoms with Gasteiger partial charge in [-0.25, -0.2) is 0 Å². The Bertz CT molecular complexity index is 306. The van der Waals surface area contributed by atoms with E-state index < -0.39 is 5.54 Å². The van der Waals surface area contributed by atoms with E-state index >= 15 is 0 Å². The number of methoxy groups -OCH3 is 1. The molecular formula is C16H32N2O3. The molecule has 1 rings (SSSR count). The molecule has 1 N–H and O–H groups in total. The van der Waals surface area contributed by atoms with Gasteiger partial charge in [-0.1, -0.05) is 27.2 Å². The average Bonchev–Trinajstić information content (AvgIpc) is 2.51. The lowest BCUT2D eigenvalue weighted by Crippen LogP contribution is -2.59. The van der Waals surface area contributed by atoms with Crippen molar-refractivity contribution in [3.63, 3.8) is 0 Å². The molecule has 0 radical (unpaired) electrons. The van der Waals surface area contributed by atoms with E-state index in [1.807, 2.05) is 0 Å². The molecule has 0 bridgehead atoms. The normalized spacial score (nSPS) is 26.0. The highest BCUT2D eigenvalue weighted by atomic mass is 16.5. The predicted molar refractivity (Wildman–Crippen MR) is 84.4 cm³/mol. The van der Waals surface area contributed by atoms with Gasteiger partial charge in [-0.05, 0) is 25.9 Å². The monoisotopic (exact) mass is 300 g/mol. The number of esters is 1. The van der Waals surface area contributed by atoms with Crippen LogP contribution in [0.2, 0.25) is 0 Å². The Hall–Kier alpha value is -0.650. The Kier molecular flexibility index (Phi) is 8.22. The van der Waals surface area contributed by atoms with Crippen molar-refractivity contribution < 1.29 is 14.3 Å². The van der Waals surface area contributed by atoms with E-state index in [-0.39, 0.29) is 12.1 Å². The minimum atomic E-state index is -0.569. The van der Waals surface area contributed by atoms with Gasteiger partial charge in [0.1, 0.15) is 5.54 Å². The fourth-order valence-corrected chi connectivity index (χ4v) is 3.06. The van der Waals surface area contributed by atoms with Crippen LogP contribution < -0.4 is 5.32 Å². The van der Waals surface area contributed by atoms with Gasteiger partial charge < -0.3 is 19.7 Å². The Balaban J connectivity index is 2.63. The Morgan fingerprint density at radius 3 is 2.67 bits per heavy atom. The minimum Gasteiger partial charge on any atom is -0.468 e. The Labute approximate surface area is 129 Å². The Morgan fingerprint density at radius 1 is 1.38 bits per heavy atom. The smallest absolute Gasteiger partial charge is 0.326 e. The SMILES string of the molecule is CCCC1CC(NCCN(CC)CC)(C(=O)OC)CCO1. The van der Waals surface area contributed by atoms with E-state index in [9.17, 15) is 4.79 Å². The average molecular weight is 300 g/mol. The lowest BCUT2D eigenvalue weighted by molar-refractivity contribution is -0.156. The highest BCUT2D eigenvalue weighted by molar-refractivity contribution is 5.81. The van der Waals surface area contributed by atoms with Crippen molar-refractivity contribution in [3.05, 3.63) is 0 Å². The minimum absolute atomic E-state index is 0.147. The summed E-state index contributed by atoms with van der Waals surface area (Å²) in [4.78, 5) is 14.6. The second kappa shape index (κ2) is 9.38. The van der Waals surface area contributed by atoms with Gasteiger partial charge in [0.25, 0.3) is 0 Å². The summed E-state index contributed by atoms with van der Waals surface area (Å²) in [6.45, 7) is 10.9. The molecule has 0 aromatic carbocycles. The highest BCUT2D eigenvalue weighted by Crippen LogP contribution is 2.28. The van der Waals surface area contributed by atoms with Gasteiger partial charge in [0, 0.05) is 26.1 Å². The van der Waals surface area contributed by atoms with Gasteiger partial charge >= 0.3 is 5.97 Å². The van der Waals surface area contributed by atoms with E-state index in [0.717, 1.165) is 39.0 Å². The second-order valence-corrected chi connectivity index (χ2v) is 5.76. The number of hydrogen-bond acceptors (Lipinski definition) is 5. The molecule has 1 fully saturated rings. The summed E-state index contributed by atoms with van der Waals surface area (Å²) in [5.74, 6) is -0.147. The molecular weight excluding hydrogens is 268 g/mol. The lowest BCUT2D eigenvalue weighted by atomic mass is 9.85. The van der Waals surface area contributed by atoms with Gasteiger partial charge in [-0.3, -0.25) is 4.79 Å². The molecule has 0 spiro atoms. The van der Waals surface area contributed by atoms with Gasteiger partial charge in [0.2, 0.25) is 0 Å². The molecule has 0 amide bonds. The van der Waals surface area contributed by atoms with Crippen molar-refractivity contribution in [2.45, 2.75) is 58.1 Å². The summed E-state index contributed by atoms with van der Waals surface area (Å²) in [5.41, 5.74) is -0.569. The van der Waals surface area contributed by atoms with Crippen molar-refractivity contribution in [2.24, 2.45) is 0 Å². The van der Waals surface area contributed by atoms with Crippen LogP contribution in [0.4, 0.5) is 0 Å². The molecule has 1 aliphatic rings. The second-order valence-electron chi connectivity index (χ2n) is 5.76. The maximum Gasteiger partial charge on any atom is 0.326 e. The number of likely N-dealkylation sites (N-methyl/N-ethyl adjacent to an activating group) is 1. The van der Waals surface area contributed by atoms with Gasteiger partial charge in [0.05, 0.1) is 13.2 Å².